The first-order valence-electron chi connectivity index (χ1n) is 5.88. The second-order valence-corrected chi connectivity index (χ2v) is 4.74. The molecule has 0 radical (unpaired) electrons. The van der Waals surface area contributed by atoms with Crippen LogP contribution >= 0.6 is 0 Å². The van der Waals surface area contributed by atoms with Gasteiger partial charge in [-0.3, -0.25) is 0 Å². The first-order chi connectivity index (χ1) is 8.56. The van der Waals surface area contributed by atoms with Gasteiger partial charge >= 0.3 is 0 Å². The number of aromatic amines is 1. The third-order valence-electron chi connectivity index (χ3n) is 3.21. The average Bonchev–Trinajstić information content (AvgIpc) is 2.81. The average molecular weight is 241 g/mol. The lowest BCUT2D eigenvalue weighted by Crippen LogP contribution is -1.82. The fourth-order valence-electron chi connectivity index (χ4n) is 2.58. The second kappa shape index (κ2) is 3.63. The Bertz CT molecular complexity index is 737. The number of anilines is 1. The van der Waals surface area contributed by atoms with Crippen LogP contribution < -0.4 is 5.73 Å². The summed E-state index contributed by atoms with van der Waals surface area (Å²) in [5, 5.41) is 5.20. The van der Waals surface area contributed by atoms with Crippen LogP contribution in [0.1, 0.15) is 16.8 Å². The van der Waals surface area contributed by atoms with Gasteiger partial charge in [-0.25, -0.2) is 0 Å². The molecule has 0 aliphatic carbocycles. The van der Waals surface area contributed by atoms with Crippen molar-refractivity contribution in [2.45, 2.75) is 20.8 Å². The molecule has 2 aromatic heterocycles. The number of hydrogen-bond acceptors (Lipinski definition) is 3. The van der Waals surface area contributed by atoms with Crippen LogP contribution in [-0.4, -0.2) is 10.1 Å². The highest BCUT2D eigenvalue weighted by atomic mass is 16.5. The Morgan fingerprint density at radius 2 is 1.94 bits per heavy atom. The number of nitrogens with one attached hydrogen (secondary N) is 1. The zero-order chi connectivity index (χ0) is 12.9. The number of aryl methyl sites for hydroxylation is 3. The number of nitrogen functional groups attached to an aromatic ring is 1. The number of rotatable bonds is 1. The molecule has 3 N–H and O–H groups in total. The van der Waals surface area contributed by atoms with Gasteiger partial charge in [0.25, 0.3) is 0 Å². The number of nitrogens with two attached hydrogens (primary N) is 1. The summed E-state index contributed by atoms with van der Waals surface area (Å²) >= 11 is 0. The quantitative estimate of drug-likeness (QED) is 0.686. The van der Waals surface area contributed by atoms with Crippen molar-refractivity contribution in [3.63, 3.8) is 0 Å². The van der Waals surface area contributed by atoms with E-state index in [-0.39, 0.29) is 0 Å². The molecule has 0 fully saturated rings. The molecule has 3 rings (SSSR count). The van der Waals surface area contributed by atoms with Gasteiger partial charge in [-0.1, -0.05) is 11.2 Å². The molecular weight excluding hydrogens is 226 g/mol. The lowest BCUT2D eigenvalue weighted by atomic mass is 10.0. The van der Waals surface area contributed by atoms with Crippen LogP contribution in [0.15, 0.2) is 22.7 Å². The van der Waals surface area contributed by atoms with Gasteiger partial charge in [0, 0.05) is 28.2 Å². The number of fused-ring (bicyclic) bond motifs is 1. The summed E-state index contributed by atoms with van der Waals surface area (Å²) < 4.78 is 4.97. The molecule has 4 nitrogen and oxygen atoms in total. The van der Waals surface area contributed by atoms with Crippen molar-refractivity contribution in [3.05, 3.63) is 35.0 Å². The maximum absolute atomic E-state index is 5.60. The minimum absolute atomic E-state index is 0.337. The standard InChI is InChI=1S/C14H15N3O/c1-7-4-8(2)13-10(5-7)16-9(3)14(13)11-6-12(15)18-17-11/h4-6,16H,15H2,1-3H3. The molecule has 0 saturated heterocycles. The van der Waals surface area contributed by atoms with E-state index in [1.807, 2.05) is 6.92 Å². The van der Waals surface area contributed by atoms with Gasteiger partial charge in [-0.2, -0.15) is 0 Å². The SMILES string of the molecule is Cc1cc(C)c2c(-c3cc(N)on3)c(C)[nH]c2c1. The third-order valence-corrected chi connectivity index (χ3v) is 3.21. The highest BCUT2D eigenvalue weighted by Gasteiger charge is 2.16. The van der Waals surface area contributed by atoms with Crippen LogP contribution in [0.3, 0.4) is 0 Å². The number of hydrogen-bond donors (Lipinski definition) is 2. The highest BCUT2D eigenvalue weighted by molar-refractivity contribution is 5.99. The molecule has 0 saturated carbocycles. The Kier molecular flexibility index (Phi) is 2.20. The Hall–Kier alpha value is -2.23. The molecule has 0 aliphatic rings. The largest absolute Gasteiger partial charge is 0.368 e. The van der Waals surface area contributed by atoms with Crippen LogP contribution in [-0.2, 0) is 0 Å². The molecule has 0 spiro atoms. The monoisotopic (exact) mass is 241 g/mol. The van der Waals surface area contributed by atoms with Gasteiger partial charge in [0.1, 0.15) is 5.69 Å². The fraction of sp³-hybridized carbons (Fsp3) is 0.214. The van der Waals surface area contributed by atoms with Crippen molar-refractivity contribution in [1.82, 2.24) is 10.1 Å². The molecule has 2 heterocycles. The van der Waals surface area contributed by atoms with E-state index >= 15 is 0 Å². The van der Waals surface area contributed by atoms with E-state index in [2.05, 4.69) is 36.1 Å². The van der Waals surface area contributed by atoms with Crippen molar-refractivity contribution >= 4 is 16.8 Å². The van der Waals surface area contributed by atoms with Gasteiger partial charge < -0.3 is 15.2 Å². The van der Waals surface area contributed by atoms with Crippen LogP contribution in [0.2, 0.25) is 0 Å². The molecule has 18 heavy (non-hydrogen) atoms. The highest BCUT2D eigenvalue weighted by Crippen LogP contribution is 2.34. The summed E-state index contributed by atoms with van der Waals surface area (Å²) in [5.74, 6) is 0.337. The molecular formula is C14H15N3O. The predicted molar refractivity (Wildman–Crippen MR) is 72.4 cm³/mol. The molecule has 92 valence electrons. The van der Waals surface area contributed by atoms with Gasteiger partial charge in [-0.15, -0.1) is 0 Å². The summed E-state index contributed by atoms with van der Waals surface area (Å²) in [5.41, 5.74) is 12.1. The van der Waals surface area contributed by atoms with Crippen LogP contribution in [0.5, 0.6) is 0 Å². The van der Waals surface area contributed by atoms with Gasteiger partial charge in [-0.05, 0) is 38.0 Å². The Balaban J connectivity index is 2.38. The summed E-state index contributed by atoms with van der Waals surface area (Å²) in [4.78, 5) is 3.39. The summed E-state index contributed by atoms with van der Waals surface area (Å²) in [6.45, 7) is 6.24. The van der Waals surface area contributed by atoms with Crippen LogP contribution in [0, 0.1) is 20.8 Å². The topological polar surface area (TPSA) is 67.8 Å². The van der Waals surface area contributed by atoms with E-state index in [1.54, 1.807) is 6.07 Å². The predicted octanol–water partition coefficient (Wildman–Crippen LogP) is 3.33. The van der Waals surface area contributed by atoms with E-state index in [0.29, 0.717) is 5.88 Å². The van der Waals surface area contributed by atoms with Crippen LogP contribution in [0.4, 0.5) is 5.88 Å². The molecule has 0 atom stereocenters. The van der Waals surface area contributed by atoms with Gasteiger partial charge in [0.05, 0.1) is 0 Å². The lowest BCUT2D eigenvalue weighted by Gasteiger charge is -2.01. The van der Waals surface area contributed by atoms with Crippen molar-refractivity contribution in [2.75, 3.05) is 5.73 Å². The van der Waals surface area contributed by atoms with Crippen molar-refractivity contribution in [2.24, 2.45) is 0 Å². The Labute approximate surface area is 105 Å². The fourth-order valence-corrected chi connectivity index (χ4v) is 2.58. The molecule has 4 heteroatoms. The van der Waals surface area contributed by atoms with Crippen molar-refractivity contribution < 1.29 is 4.52 Å². The summed E-state index contributed by atoms with van der Waals surface area (Å²) in [6, 6.07) is 6.07. The zero-order valence-corrected chi connectivity index (χ0v) is 10.7. The number of nitrogens with zero attached hydrogens (tertiary/aromatic N) is 1. The first-order valence-corrected chi connectivity index (χ1v) is 5.88. The molecule has 0 bridgehead atoms. The maximum atomic E-state index is 5.60. The number of aromatic nitrogens is 2. The minimum atomic E-state index is 0.337. The first kappa shape index (κ1) is 10.9. The normalized spacial score (nSPS) is 11.3. The maximum Gasteiger partial charge on any atom is 0.222 e. The Morgan fingerprint density at radius 1 is 1.17 bits per heavy atom. The Morgan fingerprint density at radius 3 is 2.61 bits per heavy atom. The summed E-state index contributed by atoms with van der Waals surface area (Å²) in [7, 11) is 0. The minimum Gasteiger partial charge on any atom is -0.368 e. The molecule has 1 aromatic carbocycles. The van der Waals surface area contributed by atoms with E-state index in [1.165, 1.54) is 16.5 Å². The summed E-state index contributed by atoms with van der Waals surface area (Å²) in [6.07, 6.45) is 0. The van der Waals surface area contributed by atoms with Crippen LogP contribution in [0.25, 0.3) is 22.2 Å². The van der Waals surface area contributed by atoms with Crippen molar-refractivity contribution in [1.29, 1.82) is 0 Å². The molecule has 0 unspecified atom stereocenters. The van der Waals surface area contributed by atoms with Gasteiger partial charge in [0.2, 0.25) is 5.88 Å². The zero-order valence-electron chi connectivity index (χ0n) is 10.7. The molecule has 0 aliphatic heterocycles. The van der Waals surface area contributed by atoms with E-state index < -0.39 is 0 Å². The molecule has 3 aromatic rings. The number of H-pyrrole nitrogens is 1. The third kappa shape index (κ3) is 1.49. The molecule has 0 amide bonds. The second-order valence-electron chi connectivity index (χ2n) is 4.74. The van der Waals surface area contributed by atoms with Gasteiger partial charge in [0.15, 0.2) is 0 Å². The lowest BCUT2D eigenvalue weighted by molar-refractivity contribution is 0.439. The van der Waals surface area contributed by atoms with E-state index in [0.717, 1.165) is 22.5 Å². The van der Waals surface area contributed by atoms with Crippen molar-refractivity contribution in [3.8, 4) is 11.3 Å². The van der Waals surface area contributed by atoms with E-state index in [9.17, 15) is 0 Å². The van der Waals surface area contributed by atoms with E-state index in [4.69, 9.17) is 10.3 Å². The number of benzene rings is 1. The smallest absolute Gasteiger partial charge is 0.222 e.